The predicted octanol–water partition coefficient (Wildman–Crippen LogP) is 3.92. The van der Waals surface area contributed by atoms with Crippen molar-refractivity contribution >= 4 is 16.8 Å². The molecular weight excluding hydrogens is 350 g/mol. The monoisotopic (exact) mass is 373 g/mol. The number of nitrogens with one attached hydrogen (secondary N) is 1. The number of aromatic nitrogens is 1. The van der Waals surface area contributed by atoms with Crippen molar-refractivity contribution in [1.29, 1.82) is 0 Å². The molecule has 0 radical (unpaired) electrons. The van der Waals surface area contributed by atoms with E-state index in [4.69, 9.17) is 18.6 Å². The zero-order valence-corrected chi connectivity index (χ0v) is 15.2. The van der Waals surface area contributed by atoms with Gasteiger partial charge in [-0.2, -0.15) is 0 Å². The van der Waals surface area contributed by atoms with Crippen LogP contribution in [-0.4, -0.2) is 51.7 Å². The van der Waals surface area contributed by atoms with Crippen LogP contribution in [0.15, 0.2) is 47.0 Å². The number of benzene rings is 1. The van der Waals surface area contributed by atoms with E-state index in [0.717, 1.165) is 33.9 Å². The quantitative estimate of drug-likeness (QED) is 0.514. The Kier molecular flexibility index (Phi) is 7.01. The van der Waals surface area contributed by atoms with Gasteiger partial charge in [0.1, 0.15) is 36.2 Å². The fourth-order valence-electron chi connectivity index (χ4n) is 2.54. The highest BCUT2D eigenvalue weighted by Crippen LogP contribution is 2.30. The highest BCUT2D eigenvalue weighted by Gasteiger charge is 2.08. The van der Waals surface area contributed by atoms with E-state index in [1.54, 1.807) is 6.20 Å². The lowest BCUT2D eigenvalue weighted by Crippen LogP contribution is -2.11. The molecule has 0 aliphatic heterocycles. The van der Waals surface area contributed by atoms with E-state index in [-0.39, 0.29) is 6.61 Å². The third-order valence-corrected chi connectivity index (χ3v) is 3.88. The van der Waals surface area contributed by atoms with Crippen LogP contribution in [0.3, 0.4) is 0 Å². The molecule has 3 aromatic rings. The second-order valence-electron chi connectivity index (χ2n) is 5.75. The van der Waals surface area contributed by atoms with Gasteiger partial charge < -0.3 is 23.9 Å². The number of anilines is 1. The van der Waals surface area contributed by atoms with Gasteiger partial charge in [-0.1, -0.05) is 0 Å². The minimum absolute atomic E-state index is 0.113. The van der Waals surface area contributed by atoms with Crippen LogP contribution in [0.5, 0.6) is 5.75 Å². The number of halogens is 1. The maximum absolute atomic E-state index is 11.9. The summed E-state index contributed by atoms with van der Waals surface area (Å²) >= 11 is 0. The summed E-state index contributed by atoms with van der Waals surface area (Å²) in [6, 6.07) is 11.5. The first-order valence-electron chi connectivity index (χ1n) is 8.82. The number of nitrogens with zero attached hydrogens (tertiary/aromatic N) is 1. The van der Waals surface area contributed by atoms with Crippen LogP contribution in [-0.2, 0) is 9.47 Å². The van der Waals surface area contributed by atoms with Crippen molar-refractivity contribution in [2.45, 2.75) is 0 Å². The Labute approximate surface area is 157 Å². The number of ether oxygens (including phenoxy) is 3. The maximum atomic E-state index is 11.9. The van der Waals surface area contributed by atoms with Crippen molar-refractivity contribution in [3.63, 3.8) is 0 Å². The van der Waals surface area contributed by atoms with Crippen LogP contribution in [0.25, 0.3) is 22.3 Å². The summed E-state index contributed by atoms with van der Waals surface area (Å²) < 4.78 is 33.8. The van der Waals surface area contributed by atoms with E-state index >= 15 is 0 Å². The molecule has 1 aromatic carbocycles. The molecule has 0 aliphatic carbocycles. The van der Waals surface area contributed by atoms with Crippen LogP contribution in [0, 0.1) is 0 Å². The Balaban J connectivity index is 1.52. The average Bonchev–Trinajstić information content (AvgIpc) is 3.13. The summed E-state index contributed by atoms with van der Waals surface area (Å²) in [6.07, 6.45) is 1.77. The summed E-state index contributed by atoms with van der Waals surface area (Å²) in [5.41, 5.74) is 1.70. The minimum Gasteiger partial charge on any atom is -0.491 e. The molecule has 2 aromatic heterocycles. The van der Waals surface area contributed by atoms with Gasteiger partial charge in [-0.25, -0.2) is 9.37 Å². The second kappa shape index (κ2) is 9.89. The second-order valence-corrected chi connectivity index (χ2v) is 5.75. The fraction of sp³-hybridized carbons (Fsp3) is 0.350. The molecule has 3 rings (SSSR count). The standard InChI is InChI=1S/C20H23FN2O4/c1-22-20-5-2-15(14-23-20)19-13-16-12-17(3-4-18(16)27-19)26-11-10-25-9-8-24-7-6-21/h2-5,12-14H,6-11H2,1H3,(H,22,23)/i21-1. The van der Waals surface area contributed by atoms with Crippen LogP contribution >= 0.6 is 0 Å². The Bertz CT molecular complexity index is 836. The third kappa shape index (κ3) is 5.42. The Morgan fingerprint density at radius 3 is 2.56 bits per heavy atom. The molecular formula is C20H23FN2O4. The van der Waals surface area contributed by atoms with Crippen molar-refractivity contribution in [2.75, 3.05) is 52.1 Å². The van der Waals surface area contributed by atoms with Gasteiger partial charge in [-0.05, 0) is 36.4 Å². The molecule has 2 heterocycles. The topological polar surface area (TPSA) is 65.8 Å². The highest BCUT2D eigenvalue weighted by atomic mass is 18.2. The summed E-state index contributed by atoms with van der Waals surface area (Å²) in [5.74, 6) is 2.31. The van der Waals surface area contributed by atoms with Crippen molar-refractivity contribution in [3.05, 3.63) is 42.6 Å². The number of pyridine rings is 1. The van der Waals surface area contributed by atoms with Crippen LogP contribution in [0.4, 0.5) is 10.2 Å². The van der Waals surface area contributed by atoms with Gasteiger partial charge in [0.25, 0.3) is 0 Å². The summed E-state index contributed by atoms with van der Waals surface area (Å²) in [6.45, 7) is 1.32. The summed E-state index contributed by atoms with van der Waals surface area (Å²) in [4.78, 5) is 4.31. The zero-order valence-electron chi connectivity index (χ0n) is 15.2. The molecule has 0 saturated carbocycles. The van der Waals surface area contributed by atoms with Gasteiger partial charge >= 0.3 is 0 Å². The van der Waals surface area contributed by atoms with Gasteiger partial charge in [0.2, 0.25) is 0 Å². The lowest BCUT2D eigenvalue weighted by atomic mass is 10.2. The number of furan rings is 1. The first kappa shape index (κ1) is 19.1. The predicted molar refractivity (Wildman–Crippen MR) is 102 cm³/mol. The average molecular weight is 373 g/mol. The van der Waals surface area contributed by atoms with E-state index < -0.39 is 6.67 Å². The van der Waals surface area contributed by atoms with E-state index in [2.05, 4.69) is 10.3 Å². The van der Waals surface area contributed by atoms with Crippen molar-refractivity contribution in [1.82, 2.24) is 4.98 Å². The van der Waals surface area contributed by atoms with E-state index in [0.29, 0.717) is 26.4 Å². The molecule has 1 N–H and O–H groups in total. The maximum Gasteiger partial charge on any atom is 0.136 e. The lowest BCUT2D eigenvalue weighted by molar-refractivity contribution is 0.0325. The molecule has 0 atom stereocenters. The molecule has 0 aliphatic rings. The van der Waals surface area contributed by atoms with Gasteiger partial charge in [-0.3, -0.25) is 0 Å². The Hall–Kier alpha value is -2.64. The van der Waals surface area contributed by atoms with Gasteiger partial charge in [0.15, 0.2) is 0 Å². The molecule has 6 nitrogen and oxygen atoms in total. The zero-order chi connectivity index (χ0) is 18.9. The number of hydrogen-bond donors (Lipinski definition) is 1. The third-order valence-electron chi connectivity index (χ3n) is 3.88. The fourth-order valence-corrected chi connectivity index (χ4v) is 2.54. The first-order chi connectivity index (χ1) is 13.3. The van der Waals surface area contributed by atoms with E-state index in [1.807, 2.05) is 43.4 Å². The van der Waals surface area contributed by atoms with Crippen molar-refractivity contribution < 1.29 is 23.0 Å². The molecule has 0 saturated heterocycles. The molecule has 0 unspecified atom stereocenters. The molecule has 0 amide bonds. The summed E-state index contributed by atoms with van der Waals surface area (Å²) in [5, 5.41) is 3.95. The molecule has 0 bridgehead atoms. The molecule has 144 valence electrons. The number of hydrogen-bond acceptors (Lipinski definition) is 6. The van der Waals surface area contributed by atoms with Gasteiger partial charge in [0, 0.05) is 24.2 Å². The molecule has 27 heavy (non-hydrogen) atoms. The van der Waals surface area contributed by atoms with Gasteiger partial charge in [0.05, 0.1) is 26.4 Å². The van der Waals surface area contributed by atoms with Crippen LogP contribution in [0.1, 0.15) is 0 Å². The highest BCUT2D eigenvalue weighted by molar-refractivity contribution is 5.84. The number of alkyl halides is 1. The van der Waals surface area contributed by atoms with Gasteiger partial charge in [-0.15, -0.1) is 0 Å². The molecule has 0 fully saturated rings. The van der Waals surface area contributed by atoms with E-state index in [1.165, 1.54) is 0 Å². The smallest absolute Gasteiger partial charge is 0.136 e. The van der Waals surface area contributed by atoms with Crippen molar-refractivity contribution in [2.24, 2.45) is 0 Å². The van der Waals surface area contributed by atoms with Crippen molar-refractivity contribution in [3.8, 4) is 17.1 Å². The summed E-state index contributed by atoms with van der Waals surface area (Å²) in [7, 11) is 1.83. The molecule has 7 heteroatoms. The SMILES string of the molecule is CNc1ccc(-c2cc3cc(OCCOCCOCC[18F])ccc3o2)cn1. The van der Waals surface area contributed by atoms with E-state index in [9.17, 15) is 4.39 Å². The number of fused-ring (bicyclic) bond motifs is 1. The minimum atomic E-state index is -0.473. The first-order valence-corrected chi connectivity index (χ1v) is 8.82. The van der Waals surface area contributed by atoms with Crippen LogP contribution < -0.4 is 10.1 Å². The Morgan fingerprint density at radius 2 is 1.81 bits per heavy atom. The normalized spacial score (nSPS) is 11.0. The largest absolute Gasteiger partial charge is 0.491 e. The Morgan fingerprint density at radius 1 is 1.00 bits per heavy atom. The molecule has 0 spiro atoms. The lowest BCUT2D eigenvalue weighted by Gasteiger charge is -2.07. The van der Waals surface area contributed by atoms with Crippen LogP contribution in [0.2, 0.25) is 0 Å². The number of rotatable bonds is 11.